The normalized spacial score (nSPS) is 9.93. The molecule has 0 atom stereocenters. The maximum absolute atomic E-state index is 11.6. The van der Waals surface area contributed by atoms with Gasteiger partial charge in [0.2, 0.25) is 0 Å². The Morgan fingerprint density at radius 1 is 1.40 bits per heavy atom. The molecule has 15 heavy (non-hydrogen) atoms. The zero-order valence-corrected chi connectivity index (χ0v) is 8.21. The highest BCUT2D eigenvalue weighted by Gasteiger charge is 2.06. The van der Waals surface area contributed by atoms with Crippen molar-refractivity contribution < 1.29 is 4.79 Å². The maximum atomic E-state index is 11.6. The van der Waals surface area contributed by atoms with E-state index in [0.717, 1.165) is 15.9 Å². The van der Waals surface area contributed by atoms with Gasteiger partial charge in [-0.2, -0.15) is 4.68 Å². The molecule has 1 aromatic carbocycles. The van der Waals surface area contributed by atoms with Gasteiger partial charge in [-0.15, -0.1) is 5.10 Å². The Morgan fingerprint density at radius 2 is 2.20 bits per heavy atom. The molecule has 2 rings (SSSR count). The molecule has 0 aliphatic heterocycles. The fourth-order valence-corrected chi connectivity index (χ4v) is 1.20. The van der Waals surface area contributed by atoms with E-state index < -0.39 is 0 Å². The molecule has 1 heterocycles. The SMILES string of the molecule is Cc1ccccc1NC(=O)n1ccnn1. The van der Waals surface area contributed by atoms with E-state index in [2.05, 4.69) is 15.6 Å². The number of amides is 1. The Kier molecular flexibility index (Phi) is 2.45. The minimum Gasteiger partial charge on any atom is -0.306 e. The van der Waals surface area contributed by atoms with Crippen molar-refractivity contribution in [2.24, 2.45) is 0 Å². The molecule has 0 aliphatic carbocycles. The molecule has 5 nitrogen and oxygen atoms in total. The van der Waals surface area contributed by atoms with E-state index in [-0.39, 0.29) is 6.03 Å². The Hall–Kier alpha value is -2.17. The zero-order valence-electron chi connectivity index (χ0n) is 8.21. The average Bonchev–Trinajstić information content (AvgIpc) is 2.74. The number of nitrogens with one attached hydrogen (secondary N) is 1. The zero-order chi connectivity index (χ0) is 10.7. The van der Waals surface area contributed by atoms with Crippen LogP contribution in [0.25, 0.3) is 0 Å². The van der Waals surface area contributed by atoms with Gasteiger partial charge in [0, 0.05) is 5.69 Å². The molecule has 76 valence electrons. The van der Waals surface area contributed by atoms with E-state index in [0.29, 0.717) is 0 Å². The number of rotatable bonds is 1. The minimum absolute atomic E-state index is 0.318. The van der Waals surface area contributed by atoms with Gasteiger partial charge in [-0.1, -0.05) is 23.4 Å². The van der Waals surface area contributed by atoms with Gasteiger partial charge in [0.25, 0.3) is 0 Å². The Morgan fingerprint density at radius 3 is 2.87 bits per heavy atom. The molecule has 1 amide bonds. The van der Waals surface area contributed by atoms with Crippen LogP contribution in [0.1, 0.15) is 5.56 Å². The number of carbonyl (C=O) groups is 1. The van der Waals surface area contributed by atoms with E-state index in [9.17, 15) is 4.79 Å². The summed E-state index contributed by atoms with van der Waals surface area (Å²) < 4.78 is 1.15. The van der Waals surface area contributed by atoms with Crippen LogP contribution < -0.4 is 5.32 Å². The van der Waals surface area contributed by atoms with Gasteiger partial charge in [0.15, 0.2) is 0 Å². The van der Waals surface area contributed by atoms with E-state index in [1.54, 1.807) is 0 Å². The third-order valence-electron chi connectivity index (χ3n) is 2.02. The monoisotopic (exact) mass is 202 g/mol. The first-order valence-electron chi connectivity index (χ1n) is 4.50. The summed E-state index contributed by atoms with van der Waals surface area (Å²) in [4.78, 5) is 11.6. The molecule has 0 saturated heterocycles. The predicted molar refractivity (Wildman–Crippen MR) is 55.6 cm³/mol. The van der Waals surface area contributed by atoms with Gasteiger partial charge < -0.3 is 5.32 Å². The Balaban J connectivity index is 2.17. The van der Waals surface area contributed by atoms with Crippen molar-refractivity contribution in [1.29, 1.82) is 0 Å². The van der Waals surface area contributed by atoms with Crippen LogP contribution >= 0.6 is 0 Å². The number of hydrogen-bond acceptors (Lipinski definition) is 3. The summed E-state index contributed by atoms with van der Waals surface area (Å²) in [6.45, 7) is 1.93. The second-order valence-corrected chi connectivity index (χ2v) is 3.09. The summed E-state index contributed by atoms with van der Waals surface area (Å²) in [6.07, 6.45) is 2.95. The molecule has 0 aliphatic rings. The van der Waals surface area contributed by atoms with Crippen molar-refractivity contribution in [2.75, 3.05) is 5.32 Å². The topological polar surface area (TPSA) is 59.8 Å². The van der Waals surface area contributed by atoms with Crippen LogP contribution in [0.5, 0.6) is 0 Å². The first-order chi connectivity index (χ1) is 7.27. The Labute approximate surface area is 86.7 Å². The van der Waals surface area contributed by atoms with Gasteiger partial charge >= 0.3 is 6.03 Å². The highest BCUT2D eigenvalue weighted by molar-refractivity contribution is 5.90. The van der Waals surface area contributed by atoms with Gasteiger partial charge in [0.05, 0.1) is 12.4 Å². The fourth-order valence-electron chi connectivity index (χ4n) is 1.20. The van der Waals surface area contributed by atoms with Crippen molar-refractivity contribution in [3.8, 4) is 0 Å². The molecule has 0 bridgehead atoms. The average molecular weight is 202 g/mol. The molecule has 2 aromatic rings. The van der Waals surface area contributed by atoms with E-state index in [1.165, 1.54) is 12.4 Å². The third-order valence-corrected chi connectivity index (χ3v) is 2.02. The van der Waals surface area contributed by atoms with Crippen molar-refractivity contribution in [1.82, 2.24) is 15.0 Å². The van der Waals surface area contributed by atoms with Gasteiger partial charge in [-0.25, -0.2) is 4.79 Å². The number of benzene rings is 1. The summed E-state index contributed by atoms with van der Waals surface area (Å²) in [7, 11) is 0. The van der Waals surface area contributed by atoms with Crippen LogP contribution in [0.4, 0.5) is 10.5 Å². The lowest BCUT2D eigenvalue weighted by atomic mass is 10.2. The number of anilines is 1. The van der Waals surface area contributed by atoms with Crippen LogP contribution in [0.15, 0.2) is 36.7 Å². The lowest BCUT2D eigenvalue weighted by Crippen LogP contribution is -2.20. The van der Waals surface area contributed by atoms with Gasteiger partial charge in [-0.05, 0) is 18.6 Å². The highest BCUT2D eigenvalue weighted by Crippen LogP contribution is 2.12. The summed E-state index contributed by atoms with van der Waals surface area (Å²) in [5.74, 6) is 0. The van der Waals surface area contributed by atoms with E-state index >= 15 is 0 Å². The molecule has 0 fully saturated rings. The maximum Gasteiger partial charge on any atom is 0.347 e. The molecule has 0 saturated carbocycles. The van der Waals surface area contributed by atoms with E-state index in [4.69, 9.17) is 0 Å². The van der Waals surface area contributed by atoms with Crippen molar-refractivity contribution in [3.63, 3.8) is 0 Å². The van der Waals surface area contributed by atoms with Crippen LogP contribution in [0.2, 0.25) is 0 Å². The first kappa shape index (κ1) is 9.39. The lowest BCUT2D eigenvalue weighted by molar-refractivity contribution is 0.250. The smallest absolute Gasteiger partial charge is 0.306 e. The molecule has 5 heteroatoms. The van der Waals surface area contributed by atoms with Crippen LogP contribution in [0, 0.1) is 6.92 Å². The van der Waals surface area contributed by atoms with Gasteiger partial charge in [-0.3, -0.25) is 0 Å². The van der Waals surface area contributed by atoms with Crippen LogP contribution in [-0.4, -0.2) is 21.0 Å². The molecule has 0 unspecified atom stereocenters. The number of carbonyl (C=O) groups excluding carboxylic acids is 1. The van der Waals surface area contributed by atoms with Crippen molar-refractivity contribution >= 4 is 11.7 Å². The summed E-state index contributed by atoms with van der Waals surface area (Å²) >= 11 is 0. The van der Waals surface area contributed by atoms with Crippen LogP contribution in [0.3, 0.4) is 0 Å². The standard InChI is InChI=1S/C10H10N4O/c1-8-4-2-3-5-9(8)12-10(15)14-7-6-11-13-14/h2-7H,1H3,(H,12,15). The third kappa shape index (κ3) is 2.01. The molecule has 0 spiro atoms. The van der Waals surface area contributed by atoms with Crippen LogP contribution in [-0.2, 0) is 0 Å². The largest absolute Gasteiger partial charge is 0.347 e. The lowest BCUT2D eigenvalue weighted by Gasteiger charge is -2.06. The predicted octanol–water partition coefficient (Wildman–Crippen LogP) is 1.67. The summed E-state index contributed by atoms with van der Waals surface area (Å²) in [5.41, 5.74) is 1.78. The number of aryl methyl sites for hydroxylation is 1. The van der Waals surface area contributed by atoms with Crippen molar-refractivity contribution in [2.45, 2.75) is 6.92 Å². The van der Waals surface area contributed by atoms with Crippen molar-refractivity contribution in [3.05, 3.63) is 42.2 Å². The number of hydrogen-bond donors (Lipinski definition) is 1. The van der Waals surface area contributed by atoms with E-state index in [1.807, 2.05) is 31.2 Å². The summed E-state index contributed by atoms with van der Waals surface area (Å²) in [6, 6.07) is 7.23. The first-order valence-corrected chi connectivity index (χ1v) is 4.50. The second kappa shape index (κ2) is 3.91. The number of para-hydroxylation sites is 1. The minimum atomic E-state index is -0.318. The second-order valence-electron chi connectivity index (χ2n) is 3.09. The quantitative estimate of drug-likeness (QED) is 0.765. The number of aromatic nitrogens is 3. The fraction of sp³-hybridized carbons (Fsp3) is 0.100. The molecule has 1 N–H and O–H groups in total. The highest BCUT2D eigenvalue weighted by atomic mass is 16.2. The summed E-state index contributed by atoms with van der Waals surface area (Å²) in [5, 5.41) is 9.89. The Bertz CT molecular complexity index is 464. The molecule has 1 aromatic heterocycles. The molecule has 0 radical (unpaired) electrons. The molecular weight excluding hydrogens is 192 g/mol. The number of nitrogens with zero attached hydrogens (tertiary/aromatic N) is 3. The molecular formula is C10H10N4O. The van der Waals surface area contributed by atoms with Gasteiger partial charge in [0.1, 0.15) is 0 Å².